The first kappa shape index (κ1) is 27.6. The number of benzene rings is 1. The summed E-state index contributed by atoms with van der Waals surface area (Å²) in [6.45, 7) is 3.80. The van der Waals surface area contributed by atoms with Gasteiger partial charge >= 0.3 is 6.18 Å². The zero-order valence-electron chi connectivity index (χ0n) is 20.5. The maximum atomic E-state index is 13.6. The summed E-state index contributed by atoms with van der Waals surface area (Å²) < 4.78 is 66.1. The number of nitrogens with one attached hydrogen (secondary N) is 3. The van der Waals surface area contributed by atoms with Crippen molar-refractivity contribution in [2.24, 2.45) is 0 Å². The number of halogens is 3. The van der Waals surface area contributed by atoms with Crippen molar-refractivity contribution in [3.05, 3.63) is 59.4 Å². The van der Waals surface area contributed by atoms with Crippen LogP contribution in [0, 0.1) is 0 Å². The number of aromatic nitrogens is 3. The molecule has 4 rings (SSSR count). The number of likely N-dealkylation sites (N-methyl/N-ethyl adjacent to an activating group) is 1. The Kier molecular flexibility index (Phi) is 8.21. The van der Waals surface area contributed by atoms with Gasteiger partial charge in [-0.2, -0.15) is 18.2 Å². The van der Waals surface area contributed by atoms with Crippen LogP contribution in [-0.4, -0.2) is 42.6 Å². The predicted octanol–water partition coefficient (Wildman–Crippen LogP) is 4.16. The summed E-state index contributed by atoms with van der Waals surface area (Å²) in [7, 11) is -1.98. The zero-order chi connectivity index (χ0) is 27.4. The molecule has 0 spiro atoms. The summed E-state index contributed by atoms with van der Waals surface area (Å²) in [6.07, 6.45) is -1.57. The molecule has 1 aliphatic heterocycles. The summed E-state index contributed by atoms with van der Waals surface area (Å²) in [5, 5.41) is 5.46. The van der Waals surface area contributed by atoms with Crippen LogP contribution in [0.5, 0.6) is 0 Å². The van der Waals surface area contributed by atoms with E-state index in [-0.39, 0.29) is 30.6 Å². The first-order valence-electron chi connectivity index (χ1n) is 11.2. The van der Waals surface area contributed by atoms with Gasteiger partial charge in [-0.25, -0.2) is 18.4 Å². The van der Waals surface area contributed by atoms with Crippen molar-refractivity contribution in [1.29, 1.82) is 0 Å². The van der Waals surface area contributed by atoms with Gasteiger partial charge in [-0.05, 0) is 29.8 Å². The fourth-order valence-electron chi connectivity index (χ4n) is 3.49. The molecule has 0 radical (unpaired) electrons. The van der Waals surface area contributed by atoms with Crippen molar-refractivity contribution in [2.45, 2.75) is 33.0 Å². The van der Waals surface area contributed by atoms with Gasteiger partial charge in [0.2, 0.25) is 21.9 Å². The Labute approximate surface area is 212 Å². The van der Waals surface area contributed by atoms with Gasteiger partial charge in [0.1, 0.15) is 17.2 Å². The van der Waals surface area contributed by atoms with E-state index in [9.17, 15) is 26.4 Å². The summed E-state index contributed by atoms with van der Waals surface area (Å²) in [5.41, 5.74) is 1.25. The van der Waals surface area contributed by atoms with Gasteiger partial charge < -0.3 is 15.5 Å². The smallest absolute Gasteiger partial charge is 0.365 e. The Bertz CT molecular complexity index is 1400. The van der Waals surface area contributed by atoms with E-state index in [1.165, 1.54) is 23.2 Å². The van der Waals surface area contributed by atoms with Crippen LogP contribution in [0.3, 0.4) is 0 Å². The zero-order valence-corrected chi connectivity index (χ0v) is 21.3. The number of fused-ring (bicyclic) bond motifs is 1. The number of carbonyl (C=O) groups excluding carboxylic acids is 1. The summed E-state index contributed by atoms with van der Waals surface area (Å²) in [4.78, 5) is 25.1. The van der Waals surface area contributed by atoms with Gasteiger partial charge in [0.05, 0.1) is 12.7 Å². The molecule has 10 nitrogen and oxygen atoms in total. The van der Waals surface area contributed by atoms with Crippen LogP contribution in [-0.2, 0) is 34.0 Å². The molecule has 1 aromatic carbocycles. The number of anilines is 5. The van der Waals surface area contributed by atoms with E-state index in [1.807, 2.05) is 13.8 Å². The number of carbonyl (C=O) groups is 1. The fourth-order valence-corrected chi connectivity index (χ4v) is 4.02. The van der Waals surface area contributed by atoms with Crippen LogP contribution >= 0.6 is 0 Å². The number of alkyl halides is 3. The minimum absolute atomic E-state index is 0.0129. The molecule has 37 heavy (non-hydrogen) atoms. The first-order valence-corrected chi connectivity index (χ1v) is 13.1. The van der Waals surface area contributed by atoms with Gasteiger partial charge in [-0.1, -0.05) is 19.9 Å². The lowest BCUT2D eigenvalue weighted by atomic mass is 10.1. The maximum Gasteiger partial charge on any atom is 0.421 e. The number of nitrogens with zero attached hydrogens (tertiary/aromatic N) is 4. The van der Waals surface area contributed by atoms with E-state index < -0.39 is 27.6 Å². The molecule has 1 aliphatic rings. The highest BCUT2D eigenvalue weighted by atomic mass is 32.2. The van der Waals surface area contributed by atoms with Crippen LogP contribution in [0.4, 0.5) is 42.1 Å². The highest BCUT2D eigenvalue weighted by molar-refractivity contribution is 7.92. The second-order valence-corrected chi connectivity index (χ2v) is 9.54. The number of hydrogen-bond acceptors (Lipinski definition) is 8. The quantitative estimate of drug-likeness (QED) is 0.410. The standard InChI is InChI=1S/C21H20F3N7O3S.C2H6/c1-31-16-6-5-14(8-13(16)9-17(31)32)28-20-27-11-15(21(22,23)24)19(29-20)26-10-12-4-3-7-25-18(12)30-35(2,33)34;1-2/h3-8,11H,9-10H2,1-2H3,(H,25,30)(H2,26,27,28,29);1-2H3. The van der Waals surface area contributed by atoms with E-state index in [4.69, 9.17) is 0 Å². The van der Waals surface area contributed by atoms with Crippen LogP contribution in [0.2, 0.25) is 0 Å². The Balaban J connectivity index is 0.00000186. The molecule has 1 amide bonds. The number of rotatable bonds is 7. The summed E-state index contributed by atoms with van der Waals surface area (Å²) >= 11 is 0. The molecule has 198 valence electrons. The lowest BCUT2D eigenvalue weighted by Gasteiger charge is -2.16. The van der Waals surface area contributed by atoms with E-state index in [1.54, 1.807) is 25.2 Å². The molecule has 3 N–H and O–H groups in total. The largest absolute Gasteiger partial charge is 0.421 e. The van der Waals surface area contributed by atoms with Crippen molar-refractivity contribution in [3.8, 4) is 0 Å². The van der Waals surface area contributed by atoms with Crippen molar-refractivity contribution in [2.75, 3.05) is 33.6 Å². The van der Waals surface area contributed by atoms with Crippen molar-refractivity contribution in [3.63, 3.8) is 0 Å². The number of amides is 1. The fraction of sp³-hybridized carbons (Fsp3) is 0.304. The number of pyridine rings is 1. The minimum Gasteiger partial charge on any atom is -0.365 e. The molecule has 3 aromatic rings. The molecular formula is C23H26F3N7O3S. The van der Waals surface area contributed by atoms with Gasteiger partial charge in [-0.15, -0.1) is 0 Å². The highest BCUT2D eigenvalue weighted by Crippen LogP contribution is 2.35. The van der Waals surface area contributed by atoms with Crippen LogP contribution in [0.15, 0.2) is 42.7 Å². The monoisotopic (exact) mass is 537 g/mol. The Morgan fingerprint density at radius 3 is 2.51 bits per heavy atom. The SMILES string of the molecule is CC.CN1C(=O)Cc2cc(Nc3ncc(C(F)(F)F)c(NCc4cccnc4NS(C)(=O)=O)n3)ccc21. The van der Waals surface area contributed by atoms with Crippen molar-refractivity contribution in [1.82, 2.24) is 15.0 Å². The van der Waals surface area contributed by atoms with E-state index in [2.05, 4.69) is 30.3 Å². The first-order chi connectivity index (χ1) is 17.4. The second kappa shape index (κ2) is 11.0. The third-order valence-corrected chi connectivity index (χ3v) is 5.69. The Hall–Kier alpha value is -3.94. The van der Waals surface area contributed by atoms with Crippen molar-refractivity contribution >= 4 is 44.9 Å². The summed E-state index contributed by atoms with van der Waals surface area (Å²) in [6, 6.07) is 8.15. The van der Waals surface area contributed by atoms with E-state index >= 15 is 0 Å². The molecule has 0 saturated heterocycles. The van der Waals surface area contributed by atoms with Gasteiger partial charge in [-0.3, -0.25) is 9.52 Å². The molecule has 2 aromatic heterocycles. The van der Waals surface area contributed by atoms with Gasteiger partial charge in [0.15, 0.2) is 0 Å². The summed E-state index contributed by atoms with van der Waals surface area (Å²) in [5.74, 6) is -0.672. The predicted molar refractivity (Wildman–Crippen MR) is 135 cm³/mol. The topological polar surface area (TPSA) is 129 Å². The maximum absolute atomic E-state index is 13.6. The normalized spacial score (nSPS) is 12.9. The Morgan fingerprint density at radius 2 is 1.84 bits per heavy atom. The lowest BCUT2D eigenvalue weighted by molar-refractivity contribution is -0.137. The second-order valence-electron chi connectivity index (χ2n) is 7.79. The molecular weight excluding hydrogens is 511 g/mol. The third kappa shape index (κ3) is 6.84. The molecule has 0 aliphatic carbocycles. The molecule has 0 atom stereocenters. The molecule has 3 heterocycles. The average Bonchev–Trinajstić information content (AvgIpc) is 3.11. The minimum atomic E-state index is -4.73. The van der Waals surface area contributed by atoms with Gasteiger partial charge in [0, 0.05) is 42.9 Å². The lowest BCUT2D eigenvalue weighted by Crippen LogP contribution is -2.20. The molecule has 0 bridgehead atoms. The van der Waals surface area contributed by atoms with Gasteiger partial charge in [0.25, 0.3) is 0 Å². The van der Waals surface area contributed by atoms with E-state index in [0.29, 0.717) is 17.4 Å². The molecule has 0 saturated carbocycles. The third-order valence-electron chi connectivity index (χ3n) is 5.13. The number of sulfonamides is 1. The average molecular weight is 538 g/mol. The van der Waals surface area contributed by atoms with E-state index in [0.717, 1.165) is 17.5 Å². The number of hydrogen-bond donors (Lipinski definition) is 3. The van der Waals surface area contributed by atoms with Crippen molar-refractivity contribution < 1.29 is 26.4 Å². The van der Waals surface area contributed by atoms with Crippen LogP contribution in [0.25, 0.3) is 0 Å². The molecule has 14 heteroatoms. The Morgan fingerprint density at radius 1 is 1.11 bits per heavy atom. The van der Waals surface area contributed by atoms with Crippen LogP contribution in [0.1, 0.15) is 30.5 Å². The molecule has 0 fully saturated rings. The molecule has 0 unspecified atom stereocenters. The van der Waals surface area contributed by atoms with Crippen LogP contribution < -0.4 is 20.3 Å². The highest BCUT2D eigenvalue weighted by Gasteiger charge is 2.35.